The van der Waals surface area contributed by atoms with E-state index in [0.717, 1.165) is 64.2 Å². The number of benzene rings is 1. The Kier molecular flexibility index (Phi) is 11.4. The minimum Gasteiger partial charge on any atom is -0.743 e. The number of halogens is 2. The first-order chi connectivity index (χ1) is 24.2. The molecule has 10 nitrogen and oxygen atoms in total. The van der Waals surface area contributed by atoms with Gasteiger partial charge in [-0.1, -0.05) is 32.6 Å². The number of anilines is 1. The number of carbonyl (C=O) groups is 3. The van der Waals surface area contributed by atoms with Gasteiger partial charge in [-0.25, -0.2) is 13.2 Å². The number of carbonyl (C=O) groups excluding carboxylic acids is 3. The van der Waals surface area contributed by atoms with Crippen molar-refractivity contribution in [2.45, 2.75) is 108 Å². The molecule has 6 aliphatic rings. The number of fused-ring (bicyclic) bond motifs is 2. The Hall–Kier alpha value is -2.80. The van der Waals surface area contributed by atoms with Gasteiger partial charge in [0.15, 0.2) is 16.7 Å². The van der Waals surface area contributed by atoms with Crippen LogP contribution in [0.1, 0.15) is 114 Å². The minimum absolute atomic E-state index is 0.106. The quantitative estimate of drug-likeness (QED) is 0.107. The van der Waals surface area contributed by atoms with E-state index in [0.29, 0.717) is 41.8 Å². The summed E-state index contributed by atoms with van der Waals surface area (Å²) < 4.78 is 75.7. The zero-order valence-electron chi connectivity index (χ0n) is 29.6. The smallest absolute Gasteiger partial charge is 0.367 e. The third-order valence-corrected chi connectivity index (χ3v) is 13.5. The maximum atomic E-state index is 13.7. The van der Waals surface area contributed by atoms with Crippen LogP contribution in [0.15, 0.2) is 24.3 Å². The van der Waals surface area contributed by atoms with Crippen molar-refractivity contribution in [2.75, 3.05) is 37.8 Å². The predicted molar refractivity (Wildman–Crippen MR) is 183 cm³/mol. The molecule has 6 aliphatic carbocycles. The van der Waals surface area contributed by atoms with Crippen molar-refractivity contribution in [3.05, 3.63) is 29.8 Å². The molecular weight excluding hydrogens is 684 g/mol. The molecule has 0 saturated heterocycles. The SMILES string of the molecule is CCCC1CCC2(C(=O)OCCN(CCOC(=O)C34CC5CC(CC(C5)C3)C4)c3ccc(C(=O)OCC(F)(F)S(=O)(=O)[O-])cc3)CCCC(C1)C2. The maximum absolute atomic E-state index is 13.7. The molecule has 6 saturated carbocycles. The van der Waals surface area contributed by atoms with E-state index in [1.807, 2.05) is 4.90 Å². The second kappa shape index (κ2) is 15.3. The topological polar surface area (TPSA) is 139 Å². The van der Waals surface area contributed by atoms with E-state index < -0.39 is 38.8 Å². The Morgan fingerprint density at radius 2 is 1.39 bits per heavy atom. The van der Waals surface area contributed by atoms with Gasteiger partial charge in [0.25, 0.3) is 0 Å². The van der Waals surface area contributed by atoms with E-state index in [9.17, 15) is 36.1 Å². The average Bonchev–Trinajstić information content (AvgIpc) is 3.20. The van der Waals surface area contributed by atoms with Crippen LogP contribution in [0.4, 0.5) is 14.5 Å². The van der Waals surface area contributed by atoms with Crippen LogP contribution in [-0.4, -0.2) is 69.0 Å². The summed E-state index contributed by atoms with van der Waals surface area (Å²) in [5, 5.41) is -4.75. The second-order valence-corrected chi connectivity index (χ2v) is 17.8. The highest BCUT2D eigenvalue weighted by atomic mass is 32.2. The first kappa shape index (κ1) is 37.9. The van der Waals surface area contributed by atoms with Gasteiger partial charge in [0.05, 0.1) is 29.5 Å². The Balaban J connectivity index is 1.09. The van der Waals surface area contributed by atoms with Crippen molar-refractivity contribution < 1.29 is 50.3 Å². The molecule has 7 rings (SSSR count). The van der Waals surface area contributed by atoms with Gasteiger partial charge in [-0.2, -0.15) is 8.78 Å². The molecule has 0 amide bonds. The molecule has 3 unspecified atom stereocenters. The summed E-state index contributed by atoms with van der Waals surface area (Å²) in [6.07, 6.45) is 15.6. The van der Waals surface area contributed by atoms with Gasteiger partial charge in [-0.05, 0) is 124 Å². The van der Waals surface area contributed by atoms with E-state index in [1.54, 1.807) is 12.1 Å². The Morgan fingerprint density at radius 3 is 1.96 bits per heavy atom. The number of hydrogen-bond acceptors (Lipinski definition) is 10. The largest absolute Gasteiger partial charge is 0.743 e. The van der Waals surface area contributed by atoms with E-state index in [4.69, 9.17) is 9.47 Å². The molecule has 0 N–H and O–H groups in total. The summed E-state index contributed by atoms with van der Waals surface area (Å²) >= 11 is 0. The number of rotatable bonds is 15. The Bertz CT molecular complexity index is 1500. The van der Waals surface area contributed by atoms with Crippen LogP contribution < -0.4 is 4.90 Å². The fourth-order valence-corrected chi connectivity index (χ4v) is 10.8. The van der Waals surface area contributed by atoms with Crippen LogP contribution in [0.25, 0.3) is 0 Å². The monoisotopic (exact) mass is 736 g/mol. The van der Waals surface area contributed by atoms with Crippen LogP contribution in [0.3, 0.4) is 0 Å². The highest BCUT2D eigenvalue weighted by Crippen LogP contribution is 2.60. The lowest BCUT2D eigenvalue weighted by Gasteiger charge is -2.55. The lowest BCUT2D eigenvalue weighted by atomic mass is 9.49. The minimum atomic E-state index is -6.00. The van der Waals surface area contributed by atoms with Crippen LogP contribution >= 0.6 is 0 Å². The lowest BCUT2D eigenvalue weighted by molar-refractivity contribution is -0.171. The highest BCUT2D eigenvalue weighted by molar-refractivity contribution is 7.86. The van der Waals surface area contributed by atoms with E-state index in [1.165, 1.54) is 44.2 Å². The normalized spacial score (nSPS) is 31.4. The first-order valence-corrected chi connectivity index (χ1v) is 20.3. The third-order valence-electron chi connectivity index (χ3n) is 12.6. The van der Waals surface area contributed by atoms with Gasteiger partial charge in [0.2, 0.25) is 0 Å². The fourth-order valence-electron chi connectivity index (χ4n) is 10.6. The maximum Gasteiger partial charge on any atom is 0.367 e. The first-order valence-electron chi connectivity index (χ1n) is 18.9. The van der Waals surface area contributed by atoms with Gasteiger partial charge < -0.3 is 23.7 Å². The molecule has 6 bridgehead atoms. The van der Waals surface area contributed by atoms with Crippen molar-refractivity contribution in [1.29, 1.82) is 0 Å². The van der Waals surface area contributed by atoms with E-state index in [-0.39, 0.29) is 37.3 Å². The van der Waals surface area contributed by atoms with Gasteiger partial charge in [-0.3, -0.25) is 9.59 Å². The van der Waals surface area contributed by atoms with Crippen molar-refractivity contribution >= 4 is 33.7 Å². The molecule has 6 fully saturated rings. The third kappa shape index (κ3) is 8.55. The van der Waals surface area contributed by atoms with Crippen LogP contribution in [-0.2, 0) is 33.9 Å². The van der Waals surface area contributed by atoms with Gasteiger partial charge in [-0.15, -0.1) is 0 Å². The number of nitrogens with zero attached hydrogens (tertiary/aromatic N) is 1. The molecule has 1 aromatic rings. The van der Waals surface area contributed by atoms with E-state index >= 15 is 0 Å². The van der Waals surface area contributed by atoms with Crippen molar-refractivity contribution in [2.24, 2.45) is 40.4 Å². The van der Waals surface area contributed by atoms with Gasteiger partial charge >= 0.3 is 23.2 Å². The van der Waals surface area contributed by atoms with Crippen molar-refractivity contribution in [3.8, 4) is 0 Å². The summed E-state index contributed by atoms with van der Waals surface area (Å²) in [5.41, 5.74) is -0.369. The summed E-state index contributed by atoms with van der Waals surface area (Å²) in [6, 6.07) is 5.79. The second-order valence-electron chi connectivity index (χ2n) is 16.3. The lowest BCUT2D eigenvalue weighted by Crippen LogP contribution is -2.50. The van der Waals surface area contributed by atoms with Gasteiger partial charge in [0.1, 0.15) is 13.2 Å². The number of ether oxygens (including phenoxy) is 3. The Labute approximate surface area is 300 Å². The summed E-state index contributed by atoms with van der Waals surface area (Å²) in [5.74, 6) is 1.50. The zero-order chi connectivity index (χ0) is 36.4. The van der Waals surface area contributed by atoms with Crippen molar-refractivity contribution in [3.63, 3.8) is 0 Å². The molecule has 0 heterocycles. The summed E-state index contributed by atoms with van der Waals surface area (Å²) in [6.45, 7) is 1.11. The molecule has 0 radical (unpaired) electrons. The number of hydrogen-bond donors (Lipinski definition) is 0. The molecule has 3 atom stereocenters. The van der Waals surface area contributed by atoms with Crippen LogP contribution in [0.5, 0.6) is 0 Å². The standard InChI is InChI=1S/C38H53F2NO9S/c1-2-4-26-10-12-36(11-3-5-27(17-26)21-36)34(43)48-15-13-41(14-16-49-35(44)37-22-28-18-29(23-37)20-30(19-28)24-37)32-8-6-31(7-9-32)33(42)50-25-38(39,40)51(45,46)47/h6-9,26-30H,2-5,10-25H2,1H3,(H,45,46,47)/p-1. The molecule has 1 aromatic carbocycles. The van der Waals surface area contributed by atoms with Crippen LogP contribution in [0, 0.1) is 40.4 Å². The predicted octanol–water partition coefficient (Wildman–Crippen LogP) is 6.87. The molecule has 0 spiro atoms. The molecular formula is C38H52F2NO9S-. The summed E-state index contributed by atoms with van der Waals surface area (Å²) in [4.78, 5) is 41.5. The van der Waals surface area contributed by atoms with Crippen LogP contribution in [0.2, 0.25) is 0 Å². The molecule has 13 heteroatoms. The zero-order valence-corrected chi connectivity index (χ0v) is 30.4. The Morgan fingerprint density at radius 1 is 0.824 bits per heavy atom. The molecule has 51 heavy (non-hydrogen) atoms. The fraction of sp³-hybridized carbons (Fsp3) is 0.763. The molecule has 0 aromatic heterocycles. The highest BCUT2D eigenvalue weighted by Gasteiger charge is 2.55. The van der Waals surface area contributed by atoms with Gasteiger partial charge in [0, 0.05) is 5.69 Å². The average molecular weight is 737 g/mol. The molecule has 284 valence electrons. The molecule has 0 aliphatic heterocycles. The van der Waals surface area contributed by atoms with E-state index in [2.05, 4.69) is 11.7 Å². The van der Waals surface area contributed by atoms with Crippen molar-refractivity contribution in [1.82, 2.24) is 0 Å². The summed E-state index contributed by atoms with van der Waals surface area (Å²) in [7, 11) is -6.00. The number of alkyl halides is 2. The number of esters is 3.